The van der Waals surface area contributed by atoms with Gasteiger partial charge in [-0.3, -0.25) is 0 Å². The van der Waals surface area contributed by atoms with E-state index in [1.165, 1.54) is 103 Å². The van der Waals surface area contributed by atoms with Crippen molar-refractivity contribution in [1.82, 2.24) is 0 Å². The van der Waals surface area contributed by atoms with Gasteiger partial charge in [0.25, 0.3) is 0 Å². The smallest absolute Gasteiger partial charge is 0.0223 e. The summed E-state index contributed by atoms with van der Waals surface area (Å²) in [4.78, 5) is 0. The molecule has 0 aromatic carbocycles. The summed E-state index contributed by atoms with van der Waals surface area (Å²) in [6, 6.07) is 0. The number of halogens is 1. The van der Waals surface area contributed by atoms with Crippen LogP contribution in [0.2, 0.25) is 0 Å². The van der Waals surface area contributed by atoms with Crippen LogP contribution in [-0.2, 0) is 0 Å². The number of rotatable bonds is 9. The Kier molecular flexibility index (Phi) is 9.18. The van der Waals surface area contributed by atoms with E-state index in [0.29, 0.717) is 0 Å². The third-order valence-corrected chi connectivity index (χ3v) is 6.43. The fourth-order valence-electron chi connectivity index (χ4n) is 4.68. The van der Waals surface area contributed by atoms with Gasteiger partial charge < -0.3 is 0 Å². The van der Waals surface area contributed by atoms with Crippen LogP contribution in [0.25, 0.3) is 0 Å². The number of hydrogen-bond donors (Lipinski definition) is 0. The van der Waals surface area contributed by atoms with Crippen LogP contribution in [0.1, 0.15) is 103 Å². The maximum atomic E-state index is 5.77. The molecule has 2 fully saturated rings. The molecule has 0 saturated heterocycles. The Morgan fingerprint density at radius 1 is 0.524 bits per heavy atom. The van der Waals surface area contributed by atoms with Crippen molar-refractivity contribution in [2.45, 2.75) is 103 Å². The fourth-order valence-corrected chi connectivity index (χ4v) is 4.87. The Hall–Kier alpha value is 0.290. The lowest BCUT2D eigenvalue weighted by atomic mass is 9.77. The van der Waals surface area contributed by atoms with Crippen LogP contribution < -0.4 is 0 Å². The monoisotopic (exact) mass is 312 g/mol. The molecule has 0 nitrogen and oxygen atoms in total. The average Bonchev–Trinajstić information content (AvgIpc) is 2.54. The first-order chi connectivity index (χ1) is 10.4. The van der Waals surface area contributed by atoms with Gasteiger partial charge in [-0.2, -0.15) is 0 Å². The van der Waals surface area contributed by atoms with Crippen LogP contribution in [0, 0.1) is 17.8 Å². The van der Waals surface area contributed by atoms with Crippen LogP contribution in [-0.4, -0.2) is 5.88 Å². The van der Waals surface area contributed by atoms with Crippen molar-refractivity contribution in [2.75, 3.05) is 5.88 Å². The van der Waals surface area contributed by atoms with Gasteiger partial charge in [0.15, 0.2) is 0 Å². The van der Waals surface area contributed by atoms with Crippen LogP contribution in [0.15, 0.2) is 0 Å². The van der Waals surface area contributed by atoms with Crippen molar-refractivity contribution < 1.29 is 0 Å². The Morgan fingerprint density at radius 3 is 1.43 bits per heavy atom. The third-order valence-electron chi connectivity index (χ3n) is 6.16. The summed E-state index contributed by atoms with van der Waals surface area (Å²) in [5.74, 6) is 4.06. The summed E-state index contributed by atoms with van der Waals surface area (Å²) in [7, 11) is 0. The lowest BCUT2D eigenvalue weighted by Crippen LogP contribution is -2.14. The molecule has 0 aliphatic heterocycles. The van der Waals surface area contributed by atoms with Crippen LogP contribution in [0.5, 0.6) is 0 Å². The molecule has 0 N–H and O–H groups in total. The molecular weight excluding hydrogens is 276 g/mol. The molecule has 0 heterocycles. The van der Waals surface area contributed by atoms with E-state index in [1.54, 1.807) is 0 Å². The van der Waals surface area contributed by atoms with E-state index in [1.807, 2.05) is 0 Å². The van der Waals surface area contributed by atoms with Gasteiger partial charge in [-0.15, -0.1) is 11.6 Å². The zero-order valence-corrected chi connectivity index (χ0v) is 14.9. The van der Waals surface area contributed by atoms with Gasteiger partial charge in [0.1, 0.15) is 0 Å². The highest BCUT2D eigenvalue weighted by Gasteiger charge is 2.20. The molecule has 0 aromatic heterocycles. The van der Waals surface area contributed by atoms with Crippen LogP contribution >= 0.6 is 11.6 Å². The summed E-state index contributed by atoms with van der Waals surface area (Å²) in [6.07, 6.45) is 23.8. The van der Waals surface area contributed by atoms with Gasteiger partial charge >= 0.3 is 0 Å². The van der Waals surface area contributed by atoms with Crippen molar-refractivity contribution in [3.05, 3.63) is 0 Å². The van der Waals surface area contributed by atoms with Gasteiger partial charge in [-0.05, 0) is 24.2 Å². The normalized spacial score (nSPS) is 27.9. The highest BCUT2D eigenvalue weighted by atomic mass is 35.5. The fraction of sp³-hybridized carbons (Fsp3) is 1.00. The Balaban J connectivity index is 1.45. The largest absolute Gasteiger partial charge is 0.127 e. The van der Waals surface area contributed by atoms with Crippen LogP contribution in [0.3, 0.4) is 0 Å². The molecular formula is C20H37Cl. The summed E-state index contributed by atoms with van der Waals surface area (Å²) in [5, 5.41) is 0. The van der Waals surface area contributed by atoms with Gasteiger partial charge in [0.05, 0.1) is 0 Å². The number of unbranched alkanes of at least 4 members (excludes halogenated alkanes) is 2. The number of alkyl halides is 1. The third kappa shape index (κ3) is 7.40. The van der Waals surface area contributed by atoms with E-state index in [2.05, 4.69) is 0 Å². The molecule has 2 rings (SSSR count). The zero-order valence-electron chi connectivity index (χ0n) is 14.1. The summed E-state index contributed by atoms with van der Waals surface area (Å²) in [6.45, 7) is 0. The second-order valence-electron chi connectivity index (χ2n) is 7.86. The summed E-state index contributed by atoms with van der Waals surface area (Å²) in [5.41, 5.74) is 0. The molecule has 0 unspecified atom stereocenters. The van der Waals surface area contributed by atoms with Crippen molar-refractivity contribution >= 4 is 11.6 Å². The number of hydrogen-bond acceptors (Lipinski definition) is 0. The highest BCUT2D eigenvalue weighted by Crippen LogP contribution is 2.35. The molecule has 2 aliphatic rings. The molecule has 0 aromatic rings. The van der Waals surface area contributed by atoms with Crippen molar-refractivity contribution in [1.29, 1.82) is 0 Å². The van der Waals surface area contributed by atoms with Gasteiger partial charge in [0, 0.05) is 5.88 Å². The second kappa shape index (κ2) is 10.9. The Bertz CT molecular complexity index is 236. The molecule has 0 atom stereocenters. The maximum absolute atomic E-state index is 5.77. The lowest BCUT2D eigenvalue weighted by Gasteiger charge is -2.28. The first kappa shape index (κ1) is 17.6. The first-order valence-electron chi connectivity index (χ1n) is 9.94. The lowest BCUT2D eigenvalue weighted by molar-refractivity contribution is 0.242. The molecule has 124 valence electrons. The molecule has 0 bridgehead atoms. The average molecular weight is 313 g/mol. The minimum Gasteiger partial charge on any atom is -0.127 e. The van der Waals surface area contributed by atoms with Crippen molar-refractivity contribution in [3.63, 3.8) is 0 Å². The molecule has 2 saturated carbocycles. The molecule has 1 heteroatoms. The molecule has 0 radical (unpaired) electrons. The topological polar surface area (TPSA) is 0 Å². The minimum absolute atomic E-state index is 0.857. The van der Waals surface area contributed by atoms with Crippen molar-refractivity contribution in [2.24, 2.45) is 17.8 Å². The van der Waals surface area contributed by atoms with E-state index < -0.39 is 0 Å². The van der Waals surface area contributed by atoms with Gasteiger partial charge in [0.2, 0.25) is 0 Å². The SMILES string of the molecule is ClCCCCC1CCC(CCCCC2CCCCC2)CC1. The second-order valence-corrected chi connectivity index (χ2v) is 8.24. The van der Waals surface area contributed by atoms with Gasteiger partial charge in [-0.25, -0.2) is 0 Å². The Labute approximate surface area is 138 Å². The molecule has 2 aliphatic carbocycles. The molecule has 0 amide bonds. The summed E-state index contributed by atoms with van der Waals surface area (Å²) < 4.78 is 0. The van der Waals surface area contributed by atoms with E-state index in [9.17, 15) is 0 Å². The maximum Gasteiger partial charge on any atom is 0.0223 e. The van der Waals surface area contributed by atoms with Gasteiger partial charge in [-0.1, -0.05) is 96.3 Å². The first-order valence-corrected chi connectivity index (χ1v) is 10.5. The summed E-state index contributed by atoms with van der Waals surface area (Å²) >= 11 is 5.77. The van der Waals surface area contributed by atoms with E-state index >= 15 is 0 Å². The zero-order chi connectivity index (χ0) is 14.8. The molecule has 21 heavy (non-hydrogen) atoms. The van der Waals surface area contributed by atoms with E-state index in [-0.39, 0.29) is 0 Å². The quantitative estimate of drug-likeness (QED) is 0.308. The Morgan fingerprint density at radius 2 is 0.952 bits per heavy atom. The van der Waals surface area contributed by atoms with E-state index in [4.69, 9.17) is 11.6 Å². The predicted octanol–water partition coefficient (Wildman–Crippen LogP) is 7.34. The highest BCUT2D eigenvalue weighted by molar-refractivity contribution is 6.17. The molecule has 0 spiro atoms. The van der Waals surface area contributed by atoms with Crippen molar-refractivity contribution in [3.8, 4) is 0 Å². The standard InChI is InChI=1S/C20H37Cl/c21-17-7-6-12-20-15-13-19(14-16-20)11-5-4-10-18-8-2-1-3-9-18/h18-20H,1-17H2. The minimum atomic E-state index is 0.857. The predicted molar refractivity (Wildman–Crippen MR) is 95.1 cm³/mol. The van der Waals surface area contributed by atoms with E-state index in [0.717, 1.165) is 23.6 Å². The van der Waals surface area contributed by atoms with Crippen LogP contribution in [0.4, 0.5) is 0 Å².